The van der Waals surface area contributed by atoms with Gasteiger partial charge in [0.2, 0.25) is 0 Å². The van der Waals surface area contributed by atoms with Crippen molar-refractivity contribution < 1.29 is 18.3 Å². The predicted octanol–water partition coefficient (Wildman–Crippen LogP) is 2.29. The first-order valence-corrected chi connectivity index (χ1v) is 6.83. The third-order valence-corrected chi connectivity index (χ3v) is 2.49. The molecule has 0 atom stereocenters. The number of nitrogens with one attached hydrogen (secondary N) is 1. The number of rotatable bonds is 9. The molecule has 1 aromatic rings. The van der Waals surface area contributed by atoms with Crippen LogP contribution in [0.5, 0.6) is 5.75 Å². The third kappa shape index (κ3) is 8.98. The Bertz CT molecular complexity index is 462. The molecule has 0 saturated carbocycles. The fraction of sp³-hybridized carbons (Fsp3) is 0.500. The third-order valence-electron chi connectivity index (χ3n) is 2.49. The maximum Gasteiger partial charge on any atom is 0.188 e. The molecule has 1 rings (SSSR count). The molecule has 0 aliphatic carbocycles. The molecule has 8 heteroatoms. The SMILES string of the molecule is CCOCCCN=C(N)NCCOc1ccc(F)cc1F.I. The average Bonchev–Trinajstić information content (AvgIpc) is 2.45. The van der Waals surface area contributed by atoms with Crippen molar-refractivity contribution in [2.75, 3.05) is 32.9 Å². The van der Waals surface area contributed by atoms with E-state index in [1.54, 1.807) is 0 Å². The molecule has 1 aromatic carbocycles. The van der Waals surface area contributed by atoms with Crippen molar-refractivity contribution in [2.24, 2.45) is 10.7 Å². The van der Waals surface area contributed by atoms with E-state index in [1.807, 2.05) is 6.92 Å². The summed E-state index contributed by atoms with van der Waals surface area (Å²) in [5, 5.41) is 2.84. The van der Waals surface area contributed by atoms with Gasteiger partial charge in [-0.05, 0) is 25.5 Å². The van der Waals surface area contributed by atoms with Gasteiger partial charge in [-0.2, -0.15) is 0 Å². The lowest BCUT2D eigenvalue weighted by Crippen LogP contribution is -2.35. The maximum absolute atomic E-state index is 13.3. The van der Waals surface area contributed by atoms with Crippen LogP contribution < -0.4 is 15.8 Å². The lowest BCUT2D eigenvalue weighted by Gasteiger charge is -2.09. The molecular formula is C14H22F2IN3O2. The largest absolute Gasteiger partial charge is 0.489 e. The van der Waals surface area contributed by atoms with Crippen LogP contribution in [0.1, 0.15) is 13.3 Å². The van der Waals surface area contributed by atoms with Crippen molar-refractivity contribution in [2.45, 2.75) is 13.3 Å². The van der Waals surface area contributed by atoms with Gasteiger partial charge in [0.25, 0.3) is 0 Å². The van der Waals surface area contributed by atoms with Crippen LogP contribution in [0.25, 0.3) is 0 Å². The smallest absolute Gasteiger partial charge is 0.188 e. The van der Waals surface area contributed by atoms with Crippen LogP contribution in [0.15, 0.2) is 23.2 Å². The topological polar surface area (TPSA) is 68.9 Å². The standard InChI is InChI=1S/C14H21F2N3O2.HI/c1-2-20-8-3-6-18-14(17)19-7-9-21-13-5-4-11(15)10-12(13)16;/h4-5,10H,2-3,6-9H2,1H3,(H3,17,18,19);1H. The van der Waals surface area contributed by atoms with Crippen molar-refractivity contribution in [1.29, 1.82) is 0 Å². The molecule has 0 fully saturated rings. The Balaban J connectivity index is 0.00000441. The Morgan fingerprint density at radius 3 is 2.77 bits per heavy atom. The van der Waals surface area contributed by atoms with Crippen molar-refractivity contribution in [3.63, 3.8) is 0 Å². The van der Waals surface area contributed by atoms with Gasteiger partial charge in [-0.25, -0.2) is 8.78 Å². The Hall–Kier alpha value is -1.16. The summed E-state index contributed by atoms with van der Waals surface area (Å²) in [6.07, 6.45) is 0.799. The van der Waals surface area contributed by atoms with Crippen LogP contribution in [0.4, 0.5) is 8.78 Å². The first-order chi connectivity index (χ1) is 10.1. The van der Waals surface area contributed by atoms with E-state index >= 15 is 0 Å². The molecule has 0 spiro atoms. The minimum atomic E-state index is -0.729. The van der Waals surface area contributed by atoms with E-state index in [-0.39, 0.29) is 36.3 Å². The lowest BCUT2D eigenvalue weighted by atomic mass is 10.3. The van der Waals surface area contributed by atoms with Crippen LogP contribution >= 0.6 is 24.0 Å². The Kier molecular flexibility index (Phi) is 11.7. The monoisotopic (exact) mass is 429 g/mol. The number of benzene rings is 1. The second kappa shape index (κ2) is 12.4. The summed E-state index contributed by atoms with van der Waals surface area (Å²) in [5.74, 6) is -1.06. The van der Waals surface area contributed by atoms with Crippen molar-refractivity contribution in [3.05, 3.63) is 29.8 Å². The fourth-order valence-electron chi connectivity index (χ4n) is 1.50. The van der Waals surface area contributed by atoms with E-state index in [9.17, 15) is 8.78 Å². The lowest BCUT2D eigenvalue weighted by molar-refractivity contribution is 0.146. The molecule has 0 aromatic heterocycles. The molecule has 0 radical (unpaired) electrons. The molecule has 0 bridgehead atoms. The minimum absolute atomic E-state index is 0. The van der Waals surface area contributed by atoms with Crippen LogP contribution in [-0.2, 0) is 4.74 Å². The van der Waals surface area contributed by atoms with Crippen LogP contribution in [0.3, 0.4) is 0 Å². The number of nitrogens with zero attached hydrogens (tertiary/aromatic N) is 1. The second-order valence-corrected chi connectivity index (χ2v) is 4.17. The molecule has 5 nitrogen and oxygen atoms in total. The highest BCUT2D eigenvalue weighted by molar-refractivity contribution is 14.0. The number of halogens is 3. The zero-order valence-corrected chi connectivity index (χ0v) is 14.8. The summed E-state index contributed by atoms with van der Waals surface area (Å²) in [6.45, 7) is 4.42. The zero-order valence-electron chi connectivity index (χ0n) is 12.5. The molecule has 0 heterocycles. The van der Waals surface area contributed by atoms with Gasteiger partial charge < -0.3 is 20.5 Å². The Labute approximate surface area is 146 Å². The van der Waals surface area contributed by atoms with Crippen LogP contribution in [0.2, 0.25) is 0 Å². The van der Waals surface area contributed by atoms with Crippen molar-refractivity contribution in [1.82, 2.24) is 5.32 Å². The Morgan fingerprint density at radius 1 is 1.32 bits per heavy atom. The molecule has 126 valence electrons. The van der Waals surface area contributed by atoms with E-state index < -0.39 is 11.6 Å². The normalized spacial score (nSPS) is 11.0. The Morgan fingerprint density at radius 2 is 2.09 bits per heavy atom. The summed E-state index contributed by atoms with van der Waals surface area (Å²) in [6, 6.07) is 3.16. The zero-order chi connectivity index (χ0) is 15.5. The van der Waals surface area contributed by atoms with Gasteiger partial charge in [0.15, 0.2) is 17.5 Å². The van der Waals surface area contributed by atoms with E-state index in [2.05, 4.69) is 10.3 Å². The summed E-state index contributed by atoms with van der Waals surface area (Å²) < 4.78 is 36.3. The first kappa shape index (κ1) is 20.8. The number of hydrogen-bond donors (Lipinski definition) is 2. The molecule has 0 aliphatic heterocycles. The van der Waals surface area contributed by atoms with Crippen molar-refractivity contribution >= 4 is 29.9 Å². The average molecular weight is 429 g/mol. The van der Waals surface area contributed by atoms with Gasteiger partial charge in [0.1, 0.15) is 12.4 Å². The van der Waals surface area contributed by atoms with Gasteiger partial charge in [-0.3, -0.25) is 4.99 Å². The number of nitrogens with two attached hydrogens (primary N) is 1. The van der Waals surface area contributed by atoms with E-state index in [0.717, 1.165) is 18.6 Å². The summed E-state index contributed by atoms with van der Waals surface area (Å²) in [4.78, 5) is 4.09. The molecule has 3 N–H and O–H groups in total. The number of hydrogen-bond acceptors (Lipinski definition) is 3. The summed E-state index contributed by atoms with van der Waals surface area (Å²) in [5.41, 5.74) is 5.64. The molecule has 0 unspecified atom stereocenters. The molecule has 0 aliphatic rings. The van der Waals surface area contributed by atoms with Gasteiger partial charge in [0.05, 0.1) is 6.54 Å². The molecule has 0 saturated heterocycles. The predicted molar refractivity (Wildman–Crippen MR) is 92.9 cm³/mol. The number of guanidine groups is 1. The highest BCUT2D eigenvalue weighted by Gasteiger charge is 2.04. The molecule has 0 amide bonds. The summed E-state index contributed by atoms with van der Waals surface area (Å²) in [7, 11) is 0. The molecule has 22 heavy (non-hydrogen) atoms. The van der Waals surface area contributed by atoms with Crippen LogP contribution in [0, 0.1) is 11.6 Å². The summed E-state index contributed by atoms with van der Waals surface area (Å²) >= 11 is 0. The van der Waals surface area contributed by atoms with Crippen molar-refractivity contribution in [3.8, 4) is 5.75 Å². The van der Waals surface area contributed by atoms with Gasteiger partial charge >= 0.3 is 0 Å². The van der Waals surface area contributed by atoms with Gasteiger partial charge in [0, 0.05) is 25.8 Å². The fourth-order valence-corrected chi connectivity index (χ4v) is 1.50. The maximum atomic E-state index is 13.3. The quantitative estimate of drug-likeness (QED) is 0.274. The number of ether oxygens (including phenoxy) is 2. The van der Waals surface area contributed by atoms with Gasteiger partial charge in [-0.15, -0.1) is 24.0 Å². The van der Waals surface area contributed by atoms with E-state index in [1.165, 1.54) is 6.07 Å². The van der Waals surface area contributed by atoms with Gasteiger partial charge in [-0.1, -0.05) is 0 Å². The van der Waals surface area contributed by atoms with Crippen LogP contribution in [-0.4, -0.2) is 38.9 Å². The van der Waals surface area contributed by atoms with E-state index in [4.69, 9.17) is 15.2 Å². The molecular weight excluding hydrogens is 407 g/mol. The minimum Gasteiger partial charge on any atom is -0.489 e. The highest BCUT2D eigenvalue weighted by Crippen LogP contribution is 2.17. The highest BCUT2D eigenvalue weighted by atomic mass is 127. The second-order valence-electron chi connectivity index (χ2n) is 4.17. The first-order valence-electron chi connectivity index (χ1n) is 6.83. The van der Waals surface area contributed by atoms with E-state index in [0.29, 0.717) is 32.3 Å². The number of aliphatic imine (C=N–C) groups is 1.